The van der Waals surface area contributed by atoms with Crippen molar-refractivity contribution in [3.63, 3.8) is 0 Å². The van der Waals surface area contributed by atoms with Crippen LogP contribution in [0.2, 0.25) is 0 Å². The van der Waals surface area contributed by atoms with Gasteiger partial charge in [-0.3, -0.25) is 14.6 Å². The fourth-order valence-corrected chi connectivity index (χ4v) is 5.44. The Balaban J connectivity index is 1.38. The summed E-state index contributed by atoms with van der Waals surface area (Å²) in [5.41, 5.74) is 2.32. The Morgan fingerprint density at radius 3 is 2.57 bits per heavy atom. The molecule has 1 amide bonds. The maximum atomic E-state index is 15.8. The van der Waals surface area contributed by atoms with Crippen LogP contribution in [0.5, 0.6) is 11.5 Å². The third-order valence-corrected chi connectivity index (χ3v) is 7.46. The lowest BCUT2D eigenvalue weighted by Gasteiger charge is -2.27. The molecule has 7 nitrogen and oxygen atoms in total. The number of rotatable bonds is 7. The molecule has 0 saturated heterocycles. The summed E-state index contributed by atoms with van der Waals surface area (Å²) < 4.78 is 23.9. The van der Waals surface area contributed by atoms with Crippen molar-refractivity contribution < 1.29 is 13.9 Å². The van der Waals surface area contributed by atoms with Crippen molar-refractivity contribution in [3.05, 3.63) is 136 Å². The van der Waals surface area contributed by atoms with Gasteiger partial charge in [0.2, 0.25) is 5.43 Å². The van der Waals surface area contributed by atoms with Gasteiger partial charge in [0.25, 0.3) is 5.91 Å². The first-order valence-electron chi connectivity index (χ1n) is 13.7. The van der Waals surface area contributed by atoms with Crippen LogP contribution in [0.4, 0.5) is 10.1 Å². The number of benzene rings is 4. The van der Waals surface area contributed by atoms with E-state index >= 15 is 4.39 Å². The highest BCUT2D eigenvalue weighted by Gasteiger charge is 2.29. The molecule has 0 radical (unpaired) electrons. The van der Waals surface area contributed by atoms with Crippen LogP contribution in [-0.4, -0.2) is 22.0 Å². The van der Waals surface area contributed by atoms with Crippen molar-refractivity contribution in [2.45, 2.75) is 13.0 Å². The molecular formula is C34H25FN4O3. The number of nitrogens with one attached hydrogen (secondary N) is 2. The first-order chi connectivity index (χ1) is 20.6. The maximum Gasteiger partial charge on any atom is 0.257 e. The summed E-state index contributed by atoms with van der Waals surface area (Å²) >= 11 is 0. The SMILES string of the molecule is O=C(NCc1ccccc1)c1cn2c3c(c(NCCc4ccccn4)c(F)cc3c1=O)Oc1ccc3ccccc3c1-2. The summed E-state index contributed by atoms with van der Waals surface area (Å²) in [6.07, 6.45) is 3.82. The summed E-state index contributed by atoms with van der Waals surface area (Å²) in [6.45, 7) is 0.642. The number of fused-ring (bicyclic) bond motifs is 4. The summed E-state index contributed by atoms with van der Waals surface area (Å²) in [5.74, 6) is -0.502. The fraction of sp³-hybridized carbons (Fsp3) is 0.0882. The number of hydrogen-bond donors (Lipinski definition) is 2. The number of nitrogens with zero attached hydrogens (tertiary/aromatic N) is 2. The van der Waals surface area contributed by atoms with Crippen LogP contribution < -0.4 is 20.8 Å². The van der Waals surface area contributed by atoms with Crippen LogP contribution >= 0.6 is 0 Å². The summed E-state index contributed by atoms with van der Waals surface area (Å²) in [6, 6.07) is 27.8. The van der Waals surface area contributed by atoms with Crippen molar-refractivity contribution in [3.8, 4) is 17.2 Å². The van der Waals surface area contributed by atoms with Gasteiger partial charge < -0.3 is 19.9 Å². The molecule has 1 aliphatic rings. The number of halogens is 1. The lowest BCUT2D eigenvalue weighted by atomic mass is 10.0. The van der Waals surface area contributed by atoms with E-state index in [-0.39, 0.29) is 28.9 Å². The van der Waals surface area contributed by atoms with Crippen molar-refractivity contribution >= 4 is 33.3 Å². The number of carbonyl (C=O) groups is 1. The van der Waals surface area contributed by atoms with E-state index in [0.717, 1.165) is 22.0 Å². The Morgan fingerprint density at radius 1 is 0.929 bits per heavy atom. The van der Waals surface area contributed by atoms with Crippen molar-refractivity contribution in [2.24, 2.45) is 0 Å². The van der Waals surface area contributed by atoms with Crippen molar-refractivity contribution in [1.29, 1.82) is 0 Å². The van der Waals surface area contributed by atoms with Crippen LogP contribution in [0.1, 0.15) is 21.6 Å². The monoisotopic (exact) mass is 556 g/mol. The van der Waals surface area contributed by atoms with Gasteiger partial charge in [0, 0.05) is 43.0 Å². The summed E-state index contributed by atoms with van der Waals surface area (Å²) in [7, 11) is 0. The quantitative estimate of drug-likeness (QED) is 0.238. The molecule has 7 rings (SSSR count). The van der Waals surface area contributed by atoms with E-state index in [2.05, 4.69) is 15.6 Å². The van der Waals surface area contributed by atoms with E-state index in [1.165, 1.54) is 12.3 Å². The van der Waals surface area contributed by atoms with Crippen LogP contribution in [-0.2, 0) is 13.0 Å². The first kappa shape index (κ1) is 25.5. The van der Waals surface area contributed by atoms with Crippen LogP contribution in [0.3, 0.4) is 0 Å². The molecule has 206 valence electrons. The molecule has 4 aromatic carbocycles. The molecule has 8 heteroatoms. The lowest BCUT2D eigenvalue weighted by molar-refractivity contribution is 0.0949. The number of pyridine rings is 2. The van der Waals surface area contributed by atoms with Crippen LogP contribution in [0.25, 0.3) is 27.4 Å². The third-order valence-electron chi connectivity index (χ3n) is 7.46. The molecule has 0 saturated carbocycles. The molecular weight excluding hydrogens is 531 g/mol. The molecule has 0 bridgehead atoms. The number of hydrogen-bond acceptors (Lipinski definition) is 5. The van der Waals surface area contributed by atoms with E-state index in [9.17, 15) is 9.59 Å². The molecule has 0 aliphatic carbocycles. The molecule has 2 aromatic heterocycles. The minimum absolute atomic E-state index is 0.0590. The first-order valence-corrected chi connectivity index (χ1v) is 13.7. The molecule has 0 fully saturated rings. The van der Waals surface area contributed by atoms with Gasteiger partial charge in [-0.1, -0.05) is 66.7 Å². The molecule has 0 spiro atoms. The van der Waals surface area contributed by atoms with Crippen molar-refractivity contribution in [1.82, 2.24) is 14.9 Å². The van der Waals surface area contributed by atoms with Gasteiger partial charge >= 0.3 is 0 Å². The Morgan fingerprint density at radius 2 is 1.74 bits per heavy atom. The lowest BCUT2D eigenvalue weighted by Crippen LogP contribution is -2.30. The van der Waals surface area contributed by atoms with Gasteiger partial charge in [0.1, 0.15) is 16.8 Å². The predicted molar refractivity (Wildman–Crippen MR) is 161 cm³/mol. The number of carbonyl (C=O) groups excluding carboxylic acids is 1. The average molecular weight is 557 g/mol. The molecule has 0 atom stereocenters. The standard InChI is InChI=1S/C34H25FN4O3/c35-27-18-25-31-33(29(27)37-17-15-23-11-6-7-16-36-23)42-28-14-13-22-10-4-5-12-24(22)30(28)39(31)20-26(32(25)40)34(41)38-19-21-8-2-1-3-9-21/h1-14,16,18,20,37H,15,17,19H2,(H,38,41). The molecule has 0 unspecified atom stereocenters. The molecule has 2 N–H and O–H groups in total. The largest absolute Gasteiger partial charge is 0.451 e. The highest BCUT2D eigenvalue weighted by Crippen LogP contribution is 2.47. The predicted octanol–water partition coefficient (Wildman–Crippen LogP) is 6.37. The van der Waals surface area contributed by atoms with Gasteiger partial charge in [-0.2, -0.15) is 0 Å². The summed E-state index contributed by atoms with van der Waals surface area (Å²) in [5, 5.41) is 7.89. The minimum Gasteiger partial charge on any atom is -0.451 e. The van der Waals surface area contributed by atoms with Gasteiger partial charge in [-0.25, -0.2) is 4.39 Å². The van der Waals surface area contributed by atoms with Crippen LogP contribution in [0.15, 0.2) is 108 Å². The smallest absolute Gasteiger partial charge is 0.257 e. The number of anilines is 1. The Hall–Kier alpha value is -5.50. The number of aromatic nitrogens is 2. The van der Waals surface area contributed by atoms with Gasteiger partial charge in [0.05, 0.1) is 11.1 Å². The Kier molecular flexibility index (Phi) is 6.35. The zero-order chi connectivity index (χ0) is 28.6. The highest BCUT2D eigenvalue weighted by atomic mass is 19.1. The second-order valence-electron chi connectivity index (χ2n) is 10.1. The minimum atomic E-state index is -0.645. The third kappa shape index (κ3) is 4.43. The van der Waals surface area contributed by atoms with E-state index in [0.29, 0.717) is 29.9 Å². The zero-order valence-corrected chi connectivity index (χ0v) is 22.4. The Bertz CT molecular complexity index is 2040. The zero-order valence-electron chi connectivity index (χ0n) is 22.4. The van der Waals surface area contributed by atoms with E-state index in [1.807, 2.05) is 84.9 Å². The summed E-state index contributed by atoms with van der Waals surface area (Å²) in [4.78, 5) is 31.5. The molecule has 3 heterocycles. The number of ether oxygens (including phenoxy) is 1. The van der Waals surface area contributed by atoms with E-state index in [4.69, 9.17) is 4.74 Å². The topological polar surface area (TPSA) is 85.3 Å². The van der Waals surface area contributed by atoms with Crippen LogP contribution in [0, 0.1) is 5.82 Å². The van der Waals surface area contributed by atoms with Crippen molar-refractivity contribution in [2.75, 3.05) is 11.9 Å². The maximum absolute atomic E-state index is 15.8. The van der Waals surface area contributed by atoms with E-state index < -0.39 is 17.2 Å². The second kappa shape index (κ2) is 10.5. The molecule has 42 heavy (non-hydrogen) atoms. The molecule has 6 aromatic rings. The van der Waals surface area contributed by atoms with Gasteiger partial charge in [-0.05, 0) is 35.2 Å². The Labute approximate surface area is 240 Å². The fourth-order valence-electron chi connectivity index (χ4n) is 5.44. The average Bonchev–Trinajstić information content (AvgIpc) is 3.03. The molecule has 1 aliphatic heterocycles. The highest BCUT2D eigenvalue weighted by molar-refractivity contribution is 6.04. The second-order valence-corrected chi connectivity index (χ2v) is 10.1. The van der Waals surface area contributed by atoms with E-state index in [1.54, 1.807) is 10.8 Å². The van der Waals surface area contributed by atoms with Gasteiger partial charge in [-0.15, -0.1) is 0 Å². The normalized spacial score (nSPS) is 11.6. The van der Waals surface area contributed by atoms with Gasteiger partial charge in [0.15, 0.2) is 17.3 Å². The number of amides is 1.